The molecule has 1 aliphatic heterocycles. The smallest absolute Gasteiger partial charge is 0.307 e. The number of rotatable bonds is 4. The maximum Gasteiger partial charge on any atom is 0.307 e. The standard InChI is InChI=1S/C16H20FN3OS/c1-13-12-22-16(21)20(13)11-8-18-6-9-19(10-7-18)15-4-2-14(17)3-5-15/h2-5,12H,6-11H2,1H3. The van der Waals surface area contributed by atoms with Crippen LogP contribution in [-0.4, -0.2) is 42.2 Å². The predicted octanol–water partition coefficient (Wildman–Crippen LogP) is 2.18. The molecule has 6 heteroatoms. The van der Waals surface area contributed by atoms with Crippen molar-refractivity contribution in [1.29, 1.82) is 0 Å². The Kier molecular flexibility index (Phi) is 4.59. The average molecular weight is 321 g/mol. The van der Waals surface area contributed by atoms with Gasteiger partial charge >= 0.3 is 4.87 Å². The van der Waals surface area contributed by atoms with Gasteiger partial charge in [0, 0.05) is 56.0 Å². The van der Waals surface area contributed by atoms with Gasteiger partial charge in [-0.05, 0) is 31.2 Å². The fraction of sp³-hybridized carbons (Fsp3) is 0.438. The van der Waals surface area contributed by atoms with Crippen molar-refractivity contribution in [2.24, 2.45) is 0 Å². The van der Waals surface area contributed by atoms with Gasteiger partial charge in [-0.15, -0.1) is 0 Å². The Labute approximate surface area is 133 Å². The third-order valence-corrected chi connectivity index (χ3v) is 5.06. The van der Waals surface area contributed by atoms with Crippen LogP contribution in [0.5, 0.6) is 0 Å². The molecule has 1 aromatic carbocycles. The van der Waals surface area contributed by atoms with Crippen LogP contribution in [0.15, 0.2) is 34.4 Å². The molecule has 22 heavy (non-hydrogen) atoms. The SMILES string of the molecule is Cc1csc(=O)n1CCN1CCN(c2ccc(F)cc2)CC1. The van der Waals surface area contributed by atoms with Crippen LogP contribution in [0.25, 0.3) is 0 Å². The Balaban J connectivity index is 1.51. The van der Waals surface area contributed by atoms with E-state index in [9.17, 15) is 9.18 Å². The third kappa shape index (κ3) is 3.39. The highest BCUT2D eigenvalue weighted by Crippen LogP contribution is 2.16. The van der Waals surface area contributed by atoms with E-state index in [1.54, 1.807) is 0 Å². The van der Waals surface area contributed by atoms with E-state index in [2.05, 4.69) is 9.80 Å². The number of halogens is 1. The van der Waals surface area contributed by atoms with Gasteiger partial charge in [0.05, 0.1) is 0 Å². The molecule has 0 bridgehead atoms. The van der Waals surface area contributed by atoms with E-state index in [-0.39, 0.29) is 10.7 Å². The minimum atomic E-state index is -0.195. The fourth-order valence-corrected chi connectivity index (χ4v) is 3.56. The predicted molar refractivity (Wildman–Crippen MR) is 88.4 cm³/mol. The van der Waals surface area contributed by atoms with Gasteiger partial charge in [-0.25, -0.2) is 4.39 Å². The molecule has 0 N–H and O–H groups in total. The lowest BCUT2D eigenvalue weighted by molar-refractivity contribution is 0.247. The molecule has 1 saturated heterocycles. The van der Waals surface area contributed by atoms with Gasteiger partial charge in [0.15, 0.2) is 0 Å². The van der Waals surface area contributed by atoms with E-state index >= 15 is 0 Å². The zero-order valence-electron chi connectivity index (χ0n) is 12.7. The average Bonchev–Trinajstić information content (AvgIpc) is 2.85. The summed E-state index contributed by atoms with van der Waals surface area (Å²) in [5.74, 6) is -0.195. The van der Waals surface area contributed by atoms with Gasteiger partial charge in [-0.1, -0.05) is 11.3 Å². The second-order valence-corrected chi connectivity index (χ2v) is 6.42. The van der Waals surface area contributed by atoms with E-state index in [4.69, 9.17) is 0 Å². The number of hydrogen-bond acceptors (Lipinski definition) is 4. The number of aromatic nitrogens is 1. The molecule has 1 fully saturated rings. The van der Waals surface area contributed by atoms with Crippen LogP contribution >= 0.6 is 11.3 Å². The summed E-state index contributed by atoms with van der Waals surface area (Å²) in [5.41, 5.74) is 2.12. The second-order valence-electron chi connectivity index (χ2n) is 5.60. The lowest BCUT2D eigenvalue weighted by Gasteiger charge is -2.36. The molecule has 3 rings (SSSR count). The Morgan fingerprint density at radius 2 is 1.77 bits per heavy atom. The monoisotopic (exact) mass is 321 g/mol. The molecule has 118 valence electrons. The Bertz CT molecular complexity index is 671. The summed E-state index contributed by atoms with van der Waals surface area (Å²) in [6, 6.07) is 6.68. The van der Waals surface area contributed by atoms with E-state index in [1.807, 2.05) is 29.0 Å². The van der Waals surface area contributed by atoms with Gasteiger partial charge < -0.3 is 9.47 Å². The lowest BCUT2D eigenvalue weighted by atomic mass is 10.2. The first-order chi connectivity index (χ1) is 10.6. The van der Waals surface area contributed by atoms with Crippen molar-refractivity contribution in [3.63, 3.8) is 0 Å². The van der Waals surface area contributed by atoms with Crippen LogP contribution in [0.3, 0.4) is 0 Å². The molecule has 0 aliphatic carbocycles. The first-order valence-electron chi connectivity index (χ1n) is 7.51. The molecule has 0 saturated carbocycles. The Morgan fingerprint density at radius 3 is 2.36 bits per heavy atom. The van der Waals surface area contributed by atoms with Crippen molar-refractivity contribution in [1.82, 2.24) is 9.47 Å². The molecule has 1 aromatic heterocycles. The molecular weight excluding hydrogens is 301 g/mol. The highest BCUT2D eigenvalue weighted by atomic mass is 32.1. The molecular formula is C16H20FN3OS. The van der Waals surface area contributed by atoms with Crippen molar-refractivity contribution in [2.75, 3.05) is 37.6 Å². The zero-order chi connectivity index (χ0) is 15.5. The summed E-state index contributed by atoms with van der Waals surface area (Å²) < 4.78 is 14.8. The summed E-state index contributed by atoms with van der Waals surface area (Å²) >= 11 is 1.27. The number of thiazole rings is 1. The minimum Gasteiger partial charge on any atom is -0.369 e. The summed E-state index contributed by atoms with van der Waals surface area (Å²) in [4.78, 5) is 16.5. The quantitative estimate of drug-likeness (QED) is 0.864. The summed E-state index contributed by atoms with van der Waals surface area (Å²) in [5, 5.41) is 1.91. The Morgan fingerprint density at radius 1 is 1.09 bits per heavy atom. The molecule has 0 atom stereocenters. The van der Waals surface area contributed by atoms with Crippen molar-refractivity contribution < 1.29 is 4.39 Å². The highest BCUT2D eigenvalue weighted by molar-refractivity contribution is 7.07. The van der Waals surface area contributed by atoms with E-state index < -0.39 is 0 Å². The topological polar surface area (TPSA) is 28.5 Å². The highest BCUT2D eigenvalue weighted by Gasteiger charge is 2.17. The first-order valence-corrected chi connectivity index (χ1v) is 8.39. The maximum absolute atomic E-state index is 13.0. The van der Waals surface area contributed by atoms with Gasteiger partial charge in [-0.3, -0.25) is 9.69 Å². The van der Waals surface area contributed by atoms with Crippen molar-refractivity contribution in [3.05, 3.63) is 50.8 Å². The van der Waals surface area contributed by atoms with E-state index in [1.165, 1.54) is 23.5 Å². The van der Waals surface area contributed by atoms with Gasteiger partial charge in [0.1, 0.15) is 5.82 Å². The summed E-state index contributed by atoms with van der Waals surface area (Å²) in [6.07, 6.45) is 0. The number of piperazine rings is 1. The number of benzene rings is 1. The summed E-state index contributed by atoms with van der Waals surface area (Å²) in [7, 11) is 0. The molecule has 0 spiro atoms. The lowest BCUT2D eigenvalue weighted by Crippen LogP contribution is -2.47. The second kappa shape index (κ2) is 6.62. The number of aryl methyl sites for hydroxylation is 1. The fourth-order valence-electron chi connectivity index (χ4n) is 2.80. The molecule has 0 amide bonds. The largest absolute Gasteiger partial charge is 0.369 e. The van der Waals surface area contributed by atoms with Crippen LogP contribution in [0.2, 0.25) is 0 Å². The van der Waals surface area contributed by atoms with E-state index in [0.717, 1.165) is 50.6 Å². The number of nitrogens with zero attached hydrogens (tertiary/aromatic N) is 3. The Hall–Kier alpha value is -1.66. The zero-order valence-corrected chi connectivity index (χ0v) is 13.5. The molecule has 1 aliphatic rings. The normalized spacial score (nSPS) is 16.2. The van der Waals surface area contributed by atoms with Crippen LogP contribution in [0.1, 0.15) is 5.69 Å². The number of anilines is 1. The third-order valence-electron chi connectivity index (χ3n) is 4.18. The van der Waals surface area contributed by atoms with Gasteiger partial charge in [-0.2, -0.15) is 0 Å². The van der Waals surface area contributed by atoms with Crippen LogP contribution in [-0.2, 0) is 6.54 Å². The first kappa shape index (κ1) is 15.2. The van der Waals surface area contributed by atoms with Gasteiger partial charge in [0.25, 0.3) is 0 Å². The van der Waals surface area contributed by atoms with Crippen molar-refractivity contribution >= 4 is 17.0 Å². The number of hydrogen-bond donors (Lipinski definition) is 0. The molecule has 0 unspecified atom stereocenters. The van der Waals surface area contributed by atoms with Crippen LogP contribution in [0, 0.1) is 12.7 Å². The maximum atomic E-state index is 13.0. The minimum absolute atomic E-state index is 0.127. The van der Waals surface area contributed by atoms with E-state index in [0.29, 0.717) is 0 Å². The molecule has 0 radical (unpaired) electrons. The molecule has 4 nitrogen and oxygen atoms in total. The van der Waals surface area contributed by atoms with Crippen LogP contribution < -0.4 is 9.77 Å². The van der Waals surface area contributed by atoms with Crippen molar-refractivity contribution in [2.45, 2.75) is 13.5 Å². The molecule has 2 heterocycles. The van der Waals surface area contributed by atoms with Crippen LogP contribution in [0.4, 0.5) is 10.1 Å². The van der Waals surface area contributed by atoms with Crippen molar-refractivity contribution in [3.8, 4) is 0 Å². The van der Waals surface area contributed by atoms with Gasteiger partial charge in [0.2, 0.25) is 0 Å². The summed E-state index contributed by atoms with van der Waals surface area (Å²) in [6.45, 7) is 7.43. The molecule has 2 aromatic rings.